The molecule has 0 aliphatic carbocycles. The fourth-order valence-electron chi connectivity index (χ4n) is 8.17. The molecule has 340 valence electrons. The minimum absolute atomic E-state index is 0.369. The molecule has 0 radical (unpaired) electrons. The Morgan fingerprint density at radius 2 is 0.719 bits per heavy atom. The largest absolute Gasteiger partial charge is 0.394 e. The van der Waals surface area contributed by atoms with Crippen LogP contribution in [0.25, 0.3) is 0 Å². The van der Waals surface area contributed by atoms with Crippen LogP contribution >= 0.6 is 0 Å². The van der Waals surface area contributed by atoms with Gasteiger partial charge in [-0.3, -0.25) is 4.79 Å². The first-order valence-electron chi connectivity index (χ1n) is 25.6. The highest BCUT2D eigenvalue weighted by atomic mass is 16.3. The van der Waals surface area contributed by atoms with Gasteiger partial charge in [0, 0.05) is 0 Å². The number of unbranched alkanes of at least 4 members (excludes halogenated alkanes) is 36. The van der Waals surface area contributed by atoms with E-state index in [-0.39, 0.29) is 0 Å². The fraction of sp³-hybridized carbons (Fsp3) is 0.941. The van der Waals surface area contributed by atoms with Crippen molar-refractivity contribution >= 4 is 5.91 Å². The predicted octanol–water partition coefficient (Wildman–Crippen LogP) is 14.1. The molecule has 5 N–H and O–H groups in total. The van der Waals surface area contributed by atoms with Crippen molar-refractivity contribution in [2.24, 2.45) is 0 Å². The molecule has 0 heterocycles. The molecule has 0 aromatic heterocycles. The molecule has 0 aliphatic heterocycles. The van der Waals surface area contributed by atoms with Crippen LogP contribution < -0.4 is 5.32 Å². The van der Waals surface area contributed by atoms with Crippen molar-refractivity contribution in [1.82, 2.24) is 5.32 Å². The number of rotatable bonds is 47. The van der Waals surface area contributed by atoms with Crippen molar-refractivity contribution in [3.63, 3.8) is 0 Å². The van der Waals surface area contributed by atoms with Gasteiger partial charge in [-0.25, -0.2) is 0 Å². The normalized spacial score (nSPS) is 14.0. The summed E-state index contributed by atoms with van der Waals surface area (Å²) in [7, 11) is 0. The smallest absolute Gasteiger partial charge is 0.249 e. The second kappa shape index (κ2) is 46.1. The molecule has 0 aliphatic rings. The molecule has 0 saturated carbocycles. The van der Waals surface area contributed by atoms with E-state index < -0.39 is 36.9 Å². The summed E-state index contributed by atoms with van der Waals surface area (Å²) in [6.45, 7) is 4.07. The zero-order chi connectivity index (χ0) is 41.7. The number of aliphatic hydroxyl groups excluding tert-OH is 4. The van der Waals surface area contributed by atoms with E-state index in [1.807, 2.05) is 0 Å². The number of allylic oxidation sites excluding steroid dienone is 2. The summed E-state index contributed by atoms with van der Waals surface area (Å²) >= 11 is 0. The van der Waals surface area contributed by atoms with E-state index >= 15 is 0 Å². The summed E-state index contributed by atoms with van der Waals surface area (Å²) in [5.41, 5.74) is 0. The number of aliphatic hydroxyl groups is 4. The van der Waals surface area contributed by atoms with Crippen molar-refractivity contribution in [2.45, 2.75) is 301 Å². The van der Waals surface area contributed by atoms with Gasteiger partial charge in [0.15, 0.2) is 0 Å². The van der Waals surface area contributed by atoms with Gasteiger partial charge in [-0.1, -0.05) is 251 Å². The van der Waals surface area contributed by atoms with Crippen LogP contribution in [0, 0.1) is 0 Å². The Hall–Kier alpha value is -0.950. The minimum Gasteiger partial charge on any atom is -0.394 e. The van der Waals surface area contributed by atoms with E-state index in [9.17, 15) is 25.2 Å². The Kier molecular flexibility index (Phi) is 45.4. The number of carbonyl (C=O) groups excluding carboxylic acids is 1. The monoisotopic (exact) mass is 808 g/mol. The second-order valence-corrected chi connectivity index (χ2v) is 17.9. The topological polar surface area (TPSA) is 110 Å². The third-order valence-corrected chi connectivity index (χ3v) is 12.2. The van der Waals surface area contributed by atoms with Crippen LogP contribution in [0.4, 0.5) is 0 Å². The highest BCUT2D eigenvalue weighted by molar-refractivity contribution is 5.80. The third kappa shape index (κ3) is 40.2. The van der Waals surface area contributed by atoms with E-state index in [0.29, 0.717) is 12.8 Å². The second-order valence-electron chi connectivity index (χ2n) is 17.9. The summed E-state index contributed by atoms with van der Waals surface area (Å²) in [5.74, 6) is -0.588. The van der Waals surface area contributed by atoms with Crippen LogP contribution in [-0.2, 0) is 4.79 Å². The molecule has 6 heteroatoms. The Balaban J connectivity index is 3.65. The SMILES string of the molecule is CCCCCCCCCCCCCC/C=C/CCCC(O)C(O)C(CO)NC(=O)C(O)CCCCCCCCCCCCCCCCCCCCCCCCCC. The van der Waals surface area contributed by atoms with Crippen LogP contribution in [0.5, 0.6) is 0 Å². The molecular formula is C51H101NO5. The van der Waals surface area contributed by atoms with Crippen molar-refractivity contribution < 1.29 is 25.2 Å². The Bertz CT molecular complexity index is 821. The number of nitrogens with one attached hydrogen (secondary N) is 1. The van der Waals surface area contributed by atoms with Gasteiger partial charge in [-0.15, -0.1) is 0 Å². The van der Waals surface area contributed by atoms with Gasteiger partial charge in [0.05, 0.1) is 18.8 Å². The van der Waals surface area contributed by atoms with Crippen molar-refractivity contribution in [1.29, 1.82) is 0 Å². The molecule has 0 aromatic carbocycles. The molecule has 0 fully saturated rings. The third-order valence-electron chi connectivity index (χ3n) is 12.2. The number of carbonyl (C=O) groups is 1. The Labute approximate surface area is 355 Å². The van der Waals surface area contributed by atoms with Gasteiger partial charge < -0.3 is 25.7 Å². The first-order valence-corrected chi connectivity index (χ1v) is 25.6. The average molecular weight is 808 g/mol. The quantitative estimate of drug-likeness (QED) is 0.0311. The standard InChI is InChI=1S/C51H101NO5/c1-3-5-7-9-11-13-15-17-19-21-22-23-24-25-26-27-29-31-33-35-37-39-41-43-45-49(55)51(57)52-47(46-53)50(56)48(54)44-42-40-38-36-34-32-30-28-20-18-16-14-12-10-8-6-4-2/h36,38,47-50,53-56H,3-35,37,39-46H2,1-2H3,(H,52,57)/b38-36+. The number of hydrogen-bond donors (Lipinski definition) is 5. The van der Waals surface area contributed by atoms with Crippen LogP contribution in [0.3, 0.4) is 0 Å². The van der Waals surface area contributed by atoms with Crippen LogP contribution in [0.15, 0.2) is 12.2 Å². The highest BCUT2D eigenvalue weighted by Crippen LogP contribution is 2.17. The van der Waals surface area contributed by atoms with Crippen LogP contribution in [0.1, 0.15) is 277 Å². The van der Waals surface area contributed by atoms with Gasteiger partial charge in [-0.2, -0.15) is 0 Å². The molecule has 0 spiro atoms. The molecular weight excluding hydrogens is 707 g/mol. The van der Waals surface area contributed by atoms with Gasteiger partial charge in [0.25, 0.3) is 0 Å². The highest BCUT2D eigenvalue weighted by Gasteiger charge is 2.28. The zero-order valence-corrected chi connectivity index (χ0v) is 38.4. The first kappa shape index (κ1) is 56.0. The maximum Gasteiger partial charge on any atom is 0.249 e. The van der Waals surface area contributed by atoms with Crippen LogP contribution in [-0.4, -0.2) is 57.3 Å². The molecule has 0 bridgehead atoms. The van der Waals surface area contributed by atoms with Crippen molar-refractivity contribution in [3.8, 4) is 0 Å². The van der Waals surface area contributed by atoms with Gasteiger partial charge in [0.2, 0.25) is 5.91 Å². The summed E-state index contributed by atoms with van der Waals surface area (Å²) in [6.07, 6.45) is 52.6. The summed E-state index contributed by atoms with van der Waals surface area (Å²) in [4.78, 5) is 12.6. The summed E-state index contributed by atoms with van der Waals surface area (Å²) in [5, 5.41) is 43.8. The maximum absolute atomic E-state index is 12.6. The molecule has 6 nitrogen and oxygen atoms in total. The lowest BCUT2D eigenvalue weighted by atomic mass is 10.00. The lowest BCUT2D eigenvalue weighted by molar-refractivity contribution is -0.132. The fourth-order valence-corrected chi connectivity index (χ4v) is 8.17. The van der Waals surface area contributed by atoms with E-state index in [1.54, 1.807) is 0 Å². The predicted molar refractivity (Wildman–Crippen MR) is 247 cm³/mol. The zero-order valence-electron chi connectivity index (χ0n) is 38.4. The van der Waals surface area contributed by atoms with E-state index in [1.165, 1.54) is 212 Å². The van der Waals surface area contributed by atoms with E-state index in [0.717, 1.165) is 38.5 Å². The lowest BCUT2D eigenvalue weighted by Gasteiger charge is -2.27. The number of hydrogen-bond acceptors (Lipinski definition) is 5. The van der Waals surface area contributed by atoms with Gasteiger partial charge >= 0.3 is 0 Å². The summed E-state index contributed by atoms with van der Waals surface area (Å²) in [6, 6.07) is -0.998. The molecule has 1 amide bonds. The maximum atomic E-state index is 12.6. The summed E-state index contributed by atoms with van der Waals surface area (Å²) < 4.78 is 0. The molecule has 0 aromatic rings. The molecule has 0 saturated heterocycles. The lowest BCUT2D eigenvalue weighted by Crippen LogP contribution is -2.53. The number of amides is 1. The molecule has 4 atom stereocenters. The average Bonchev–Trinajstić information content (AvgIpc) is 3.22. The molecule has 0 rings (SSSR count). The van der Waals surface area contributed by atoms with Crippen LogP contribution in [0.2, 0.25) is 0 Å². The Morgan fingerprint density at radius 1 is 0.421 bits per heavy atom. The van der Waals surface area contributed by atoms with Crippen molar-refractivity contribution in [3.05, 3.63) is 12.2 Å². The molecule has 4 unspecified atom stereocenters. The van der Waals surface area contributed by atoms with Gasteiger partial charge in [0.1, 0.15) is 12.2 Å². The molecule has 57 heavy (non-hydrogen) atoms. The first-order chi connectivity index (χ1) is 28.0. The minimum atomic E-state index is -1.28. The van der Waals surface area contributed by atoms with Gasteiger partial charge in [-0.05, 0) is 38.5 Å². The van der Waals surface area contributed by atoms with Crippen molar-refractivity contribution in [2.75, 3.05) is 6.61 Å². The van der Waals surface area contributed by atoms with E-state index in [2.05, 4.69) is 31.3 Å². The van der Waals surface area contributed by atoms with E-state index in [4.69, 9.17) is 0 Å². The Morgan fingerprint density at radius 3 is 1.05 bits per heavy atom.